The molecule has 0 aromatic heterocycles. The van der Waals surface area contributed by atoms with Crippen LogP contribution in [0, 0.1) is 0 Å². The quantitative estimate of drug-likeness (QED) is 0.864. The lowest BCUT2D eigenvalue weighted by atomic mass is 9.95. The van der Waals surface area contributed by atoms with Gasteiger partial charge in [0.1, 0.15) is 0 Å². The zero-order valence-electron chi connectivity index (χ0n) is 11.8. The Morgan fingerprint density at radius 3 is 2.55 bits per heavy atom. The lowest BCUT2D eigenvalue weighted by Crippen LogP contribution is -2.23. The van der Waals surface area contributed by atoms with Gasteiger partial charge in [0.15, 0.2) is 5.78 Å². The standard InChI is InChI=1S/C18H19NO/c1-2-13-3-5-15(6-4-13)18(20)16-8-7-14-9-10-19-12-17(14)11-16/h3-8,11,19H,2,9-10,12H2,1H3. The first kappa shape index (κ1) is 13.1. The number of carbonyl (C=O) groups excluding carboxylic acids is 1. The van der Waals surface area contributed by atoms with E-state index in [1.807, 2.05) is 36.4 Å². The Bertz CT molecular complexity index is 628. The largest absolute Gasteiger partial charge is 0.312 e. The maximum atomic E-state index is 12.5. The molecular formula is C18H19NO. The van der Waals surface area contributed by atoms with Crippen LogP contribution in [0.3, 0.4) is 0 Å². The smallest absolute Gasteiger partial charge is 0.193 e. The maximum absolute atomic E-state index is 12.5. The van der Waals surface area contributed by atoms with Crippen molar-refractivity contribution in [2.75, 3.05) is 6.54 Å². The molecule has 2 nitrogen and oxygen atoms in total. The number of benzene rings is 2. The minimum absolute atomic E-state index is 0.112. The van der Waals surface area contributed by atoms with E-state index in [4.69, 9.17) is 0 Å². The van der Waals surface area contributed by atoms with Crippen molar-refractivity contribution in [1.29, 1.82) is 0 Å². The zero-order chi connectivity index (χ0) is 13.9. The molecule has 0 atom stereocenters. The minimum Gasteiger partial charge on any atom is -0.312 e. The molecular weight excluding hydrogens is 246 g/mol. The average molecular weight is 265 g/mol. The molecule has 0 aliphatic carbocycles. The number of aryl methyl sites for hydroxylation is 1. The van der Waals surface area contributed by atoms with E-state index in [0.717, 1.165) is 37.1 Å². The third kappa shape index (κ3) is 2.52. The third-order valence-corrected chi connectivity index (χ3v) is 3.98. The highest BCUT2D eigenvalue weighted by Crippen LogP contribution is 2.18. The van der Waals surface area contributed by atoms with Gasteiger partial charge < -0.3 is 5.32 Å². The number of nitrogens with one attached hydrogen (secondary N) is 1. The molecule has 0 saturated heterocycles. The van der Waals surface area contributed by atoms with Crippen LogP contribution in [0.2, 0.25) is 0 Å². The fraction of sp³-hybridized carbons (Fsp3) is 0.278. The van der Waals surface area contributed by atoms with Crippen LogP contribution in [0.15, 0.2) is 42.5 Å². The van der Waals surface area contributed by atoms with Crippen molar-refractivity contribution in [2.45, 2.75) is 26.3 Å². The van der Waals surface area contributed by atoms with Crippen LogP contribution in [0.5, 0.6) is 0 Å². The molecule has 0 radical (unpaired) electrons. The molecule has 1 N–H and O–H groups in total. The van der Waals surface area contributed by atoms with Crippen molar-refractivity contribution in [3.63, 3.8) is 0 Å². The Labute approximate surface area is 119 Å². The van der Waals surface area contributed by atoms with Gasteiger partial charge >= 0.3 is 0 Å². The number of hydrogen-bond donors (Lipinski definition) is 1. The summed E-state index contributed by atoms with van der Waals surface area (Å²) in [6.45, 7) is 4.01. The highest BCUT2D eigenvalue weighted by atomic mass is 16.1. The predicted molar refractivity (Wildman–Crippen MR) is 81.1 cm³/mol. The molecule has 0 spiro atoms. The third-order valence-electron chi connectivity index (χ3n) is 3.98. The van der Waals surface area contributed by atoms with Gasteiger partial charge in [0.05, 0.1) is 0 Å². The number of hydrogen-bond acceptors (Lipinski definition) is 2. The fourth-order valence-electron chi connectivity index (χ4n) is 2.68. The van der Waals surface area contributed by atoms with Crippen molar-refractivity contribution < 1.29 is 4.79 Å². The Hall–Kier alpha value is -1.93. The molecule has 0 unspecified atom stereocenters. The van der Waals surface area contributed by atoms with Crippen molar-refractivity contribution in [2.24, 2.45) is 0 Å². The summed E-state index contributed by atoms with van der Waals surface area (Å²) in [5.74, 6) is 0.112. The Morgan fingerprint density at radius 1 is 1.05 bits per heavy atom. The molecule has 0 bridgehead atoms. The number of fused-ring (bicyclic) bond motifs is 1. The van der Waals surface area contributed by atoms with Gasteiger partial charge in [-0.1, -0.05) is 43.3 Å². The first-order valence-corrected chi connectivity index (χ1v) is 7.24. The summed E-state index contributed by atoms with van der Waals surface area (Å²) < 4.78 is 0. The summed E-state index contributed by atoms with van der Waals surface area (Å²) in [4.78, 5) is 12.5. The van der Waals surface area contributed by atoms with Crippen molar-refractivity contribution in [3.8, 4) is 0 Å². The molecule has 0 fully saturated rings. The lowest BCUT2D eigenvalue weighted by Gasteiger charge is -2.17. The molecule has 102 valence electrons. The van der Waals surface area contributed by atoms with Crippen LogP contribution in [-0.4, -0.2) is 12.3 Å². The van der Waals surface area contributed by atoms with E-state index in [0.29, 0.717) is 0 Å². The molecule has 2 aromatic rings. The van der Waals surface area contributed by atoms with Crippen LogP contribution in [0.25, 0.3) is 0 Å². The van der Waals surface area contributed by atoms with Gasteiger partial charge in [-0.2, -0.15) is 0 Å². The van der Waals surface area contributed by atoms with Gasteiger partial charge in [-0.3, -0.25) is 4.79 Å². The molecule has 2 aromatic carbocycles. The Balaban J connectivity index is 1.89. The van der Waals surface area contributed by atoms with E-state index in [-0.39, 0.29) is 5.78 Å². The summed E-state index contributed by atoms with van der Waals surface area (Å²) in [5, 5.41) is 3.35. The zero-order valence-corrected chi connectivity index (χ0v) is 11.8. The van der Waals surface area contributed by atoms with Crippen LogP contribution < -0.4 is 5.32 Å². The van der Waals surface area contributed by atoms with Gasteiger partial charge in [0.25, 0.3) is 0 Å². The molecule has 2 heteroatoms. The van der Waals surface area contributed by atoms with Crippen molar-refractivity contribution in [1.82, 2.24) is 5.32 Å². The van der Waals surface area contributed by atoms with Crippen LogP contribution in [-0.2, 0) is 19.4 Å². The summed E-state index contributed by atoms with van der Waals surface area (Å²) in [5.41, 5.74) is 5.44. The van der Waals surface area contributed by atoms with Crippen LogP contribution in [0.4, 0.5) is 0 Å². The topological polar surface area (TPSA) is 29.1 Å². The van der Waals surface area contributed by atoms with E-state index >= 15 is 0 Å². The van der Waals surface area contributed by atoms with Gasteiger partial charge in [-0.25, -0.2) is 0 Å². The predicted octanol–water partition coefficient (Wildman–Crippen LogP) is 3.13. The van der Waals surface area contributed by atoms with E-state index < -0.39 is 0 Å². The van der Waals surface area contributed by atoms with E-state index in [9.17, 15) is 4.79 Å². The monoisotopic (exact) mass is 265 g/mol. The summed E-state index contributed by atoms with van der Waals surface area (Å²) in [6.07, 6.45) is 2.05. The van der Waals surface area contributed by atoms with E-state index in [1.165, 1.54) is 16.7 Å². The van der Waals surface area contributed by atoms with Crippen LogP contribution in [0.1, 0.15) is 39.5 Å². The van der Waals surface area contributed by atoms with Gasteiger partial charge in [-0.15, -0.1) is 0 Å². The second kappa shape index (κ2) is 5.59. The Kier molecular flexibility index (Phi) is 3.66. The molecule has 3 rings (SSSR count). The second-order valence-electron chi connectivity index (χ2n) is 5.29. The molecule has 1 aliphatic heterocycles. The fourth-order valence-corrected chi connectivity index (χ4v) is 2.68. The number of ketones is 1. The first-order chi connectivity index (χ1) is 9.78. The minimum atomic E-state index is 0.112. The summed E-state index contributed by atoms with van der Waals surface area (Å²) in [6, 6.07) is 14.0. The first-order valence-electron chi connectivity index (χ1n) is 7.24. The molecule has 1 aliphatic rings. The molecule has 0 amide bonds. The molecule has 1 heterocycles. The SMILES string of the molecule is CCc1ccc(C(=O)c2ccc3c(c2)CNCC3)cc1. The Morgan fingerprint density at radius 2 is 1.80 bits per heavy atom. The number of rotatable bonds is 3. The van der Waals surface area contributed by atoms with Gasteiger partial charge in [0.2, 0.25) is 0 Å². The normalized spacial score (nSPS) is 13.8. The summed E-state index contributed by atoms with van der Waals surface area (Å²) >= 11 is 0. The van der Waals surface area contributed by atoms with E-state index in [1.54, 1.807) is 0 Å². The van der Waals surface area contributed by atoms with Gasteiger partial charge in [-0.05, 0) is 42.1 Å². The summed E-state index contributed by atoms with van der Waals surface area (Å²) in [7, 11) is 0. The maximum Gasteiger partial charge on any atom is 0.193 e. The van der Waals surface area contributed by atoms with Crippen LogP contribution >= 0.6 is 0 Å². The average Bonchev–Trinajstić information content (AvgIpc) is 2.54. The second-order valence-corrected chi connectivity index (χ2v) is 5.29. The number of carbonyl (C=O) groups is 1. The van der Waals surface area contributed by atoms with Gasteiger partial charge in [0, 0.05) is 17.7 Å². The lowest BCUT2D eigenvalue weighted by molar-refractivity contribution is 0.103. The van der Waals surface area contributed by atoms with Crippen molar-refractivity contribution >= 4 is 5.78 Å². The molecule has 20 heavy (non-hydrogen) atoms. The highest BCUT2D eigenvalue weighted by molar-refractivity contribution is 6.09. The van der Waals surface area contributed by atoms with Crippen molar-refractivity contribution in [3.05, 3.63) is 70.3 Å². The van der Waals surface area contributed by atoms with E-state index in [2.05, 4.69) is 18.3 Å². The molecule has 0 saturated carbocycles. The highest BCUT2D eigenvalue weighted by Gasteiger charge is 2.13.